The number of ether oxygens (including phenoxy) is 1. The van der Waals surface area contributed by atoms with E-state index in [1.54, 1.807) is 20.8 Å². The molecule has 0 fully saturated rings. The van der Waals surface area contributed by atoms with Crippen LogP contribution in [0.3, 0.4) is 0 Å². The van der Waals surface area contributed by atoms with Gasteiger partial charge in [0.1, 0.15) is 5.60 Å². The van der Waals surface area contributed by atoms with E-state index in [1.807, 2.05) is 6.92 Å². The summed E-state index contributed by atoms with van der Waals surface area (Å²) in [5, 5.41) is 31.9. The molecule has 0 radical (unpaired) electrons. The molecule has 8 heteroatoms. The van der Waals surface area contributed by atoms with Crippen LogP contribution >= 0.6 is 0 Å². The fourth-order valence-corrected chi connectivity index (χ4v) is 1.56. The number of hydrogen-bond donors (Lipinski definition) is 5. The number of nitrogens with one attached hydrogen (secondary N) is 2. The molecule has 2 amide bonds. The average molecular weight is 306 g/mol. The number of aliphatic hydroxyl groups excluding tert-OH is 2. The Morgan fingerprint density at radius 2 is 1.76 bits per heavy atom. The molecule has 0 heterocycles. The fourth-order valence-electron chi connectivity index (χ4n) is 1.56. The topological polar surface area (TPSA) is 128 Å². The van der Waals surface area contributed by atoms with Crippen LogP contribution in [0.5, 0.6) is 0 Å². The van der Waals surface area contributed by atoms with Crippen molar-refractivity contribution in [1.29, 1.82) is 0 Å². The average Bonchev–Trinajstić information content (AvgIpc) is 2.32. The molecule has 0 saturated heterocycles. The van der Waals surface area contributed by atoms with E-state index >= 15 is 0 Å². The van der Waals surface area contributed by atoms with Crippen LogP contribution in [-0.2, 0) is 9.53 Å². The first kappa shape index (κ1) is 19.6. The Bertz CT molecular complexity index is 340. The van der Waals surface area contributed by atoms with Gasteiger partial charge in [0.15, 0.2) is 12.4 Å². The van der Waals surface area contributed by atoms with Crippen molar-refractivity contribution in [3.8, 4) is 0 Å². The Kier molecular flexibility index (Phi) is 8.23. The van der Waals surface area contributed by atoms with E-state index in [0.717, 1.165) is 0 Å². The summed E-state index contributed by atoms with van der Waals surface area (Å²) in [6, 6.07) is -0.819. The van der Waals surface area contributed by atoms with Crippen molar-refractivity contribution in [3.63, 3.8) is 0 Å². The molecule has 21 heavy (non-hydrogen) atoms. The van der Waals surface area contributed by atoms with E-state index in [-0.39, 0.29) is 0 Å². The number of alkyl carbamates (subject to hydrolysis) is 1. The van der Waals surface area contributed by atoms with Gasteiger partial charge in [-0.3, -0.25) is 4.79 Å². The molecule has 8 nitrogen and oxygen atoms in total. The van der Waals surface area contributed by atoms with Gasteiger partial charge in [-0.05, 0) is 27.2 Å². The van der Waals surface area contributed by atoms with E-state index in [9.17, 15) is 14.7 Å². The third-order valence-electron chi connectivity index (χ3n) is 2.41. The molecule has 0 aromatic rings. The van der Waals surface area contributed by atoms with E-state index in [0.29, 0.717) is 12.8 Å². The van der Waals surface area contributed by atoms with Crippen molar-refractivity contribution in [3.05, 3.63) is 0 Å². The Balaban J connectivity index is 4.58. The summed E-state index contributed by atoms with van der Waals surface area (Å²) in [5.74, 6) is -0.794. The minimum absolute atomic E-state index is 0.371. The van der Waals surface area contributed by atoms with E-state index in [2.05, 4.69) is 10.6 Å². The SMILES string of the molecule is CCCC(NC(=O)OC(C)(C)C)C(O)C(=O)NCC(O)O. The number of carbonyl (C=O) groups excluding carboxylic acids is 2. The molecule has 0 aliphatic carbocycles. The summed E-state index contributed by atoms with van der Waals surface area (Å²) in [6.45, 7) is 6.54. The lowest BCUT2D eigenvalue weighted by Crippen LogP contribution is -2.52. The highest BCUT2D eigenvalue weighted by Gasteiger charge is 2.28. The maximum absolute atomic E-state index is 11.7. The predicted octanol–water partition coefficient (Wildman–Crippen LogP) is -0.532. The molecule has 0 spiro atoms. The molecular formula is C13H26N2O6. The number of aliphatic hydroxyl groups is 3. The van der Waals surface area contributed by atoms with Crippen molar-refractivity contribution in [1.82, 2.24) is 10.6 Å². The van der Waals surface area contributed by atoms with Gasteiger partial charge < -0.3 is 30.7 Å². The highest BCUT2D eigenvalue weighted by Crippen LogP contribution is 2.09. The lowest BCUT2D eigenvalue weighted by Gasteiger charge is -2.26. The Morgan fingerprint density at radius 1 is 1.19 bits per heavy atom. The third-order valence-corrected chi connectivity index (χ3v) is 2.41. The Labute approximate surface area is 124 Å². The lowest BCUT2D eigenvalue weighted by molar-refractivity contribution is -0.133. The number of hydrogen-bond acceptors (Lipinski definition) is 6. The maximum atomic E-state index is 11.7. The van der Waals surface area contributed by atoms with Crippen molar-refractivity contribution in [2.24, 2.45) is 0 Å². The maximum Gasteiger partial charge on any atom is 0.407 e. The van der Waals surface area contributed by atoms with Crippen LogP contribution in [0.25, 0.3) is 0 Å². The van der Waals surface area contributed by atoms with Gasteiger partial charge in [-0.2, -0.15) is 0 Å². The van der Waals surface area contributed by atoms with Crippen LogP contribution in [0.4, 0.5) is 4.79 Å². The van der Waals surface area contributed by atoms with Gasteiger partial charge in [0.05, 0.1) is 12.6 Å². The zero-order valence-electron chi connectivity index (χ0n) is 12.9. The molecule has 0 saturated carbocycles. The van der Waals surface area contributed by atoms with Crippen LogP contribution < -0.4 is 10.6 Å². The van der Waals surface area contributed by atoms with Crippen LogP contribution in [0, 0.1) is 0 Å². The Morgan fingerprint density at radius 3 is 2.19 bits per heavy atom. The highest BCUT2D eigenvalue weighted by atomic mass is 16.6. The minimum atomic E-state index is -1.70. The third kappa shape index (κ3) is 9.22. The normalized spacial score (nSPS) is 14.5. The standard InChI is InChI=1S/C13H26N2O6/c1-5-6-8(15-12(20)21-13(2,3)4)10(18)11(19)14-7-9(16)17/h8-10,16-18H,5-7H2,1-4H3,(H,14,19)(H,15,20). The first-order chi connectivity index (χ1) is 9.56. The Hall–Kier alpha value is -1.38. The predicted molar refractivity (Wildman–Crippen MR) is 75.3 cm³/mol. The second-order valence-electron chi connectivity index (χ2n) is 5.71. The summed E-state index contributed by atoms with van der Waals surface area (Å²) in [5.41, 5.74) is -0.685. The van der Waals surface area contributed by atoms with Gasteiger partial charge >= 0.3 is 6.09 Å². The fraction of sp³-hybridized carbons (Fsp3) is 0.846. The number of rotatable bonds is 7. The first-order valence-electron chi connectivity index (χ1n) is 6.88. The second kappa shape index (κ2) is 8.81. The molecule has 0 aromatic carbocycles. The van der Waals surface area contributed by atoms with Crippen LogP contribution in [0.15, 0.2) is 0 Å². The summed E-state index contributed by atoms with van der Waals surface area (Å²) >= 11 is 0. The highest BCUT2D eigenvalue weighted by molar-refractivity contribution is 5.82. The zero-order valence-corrected chi connectivity index (χ0v) is 12.9. The molecular weight excluding hydrogens is 280 g/mol. The molecule has 124 valence electrons. The monoisotopic (exact) mass is 306 g/mol. The van der Waals surface area contributed by atoms with Crippen molar-refractivity contribution in [2.75, 3.05) is 6.54 Å². The van der Waals surface area contributed by atoms with E-state index in [4.69, 9.17) is 14.9 Å². The van der Waals surface area contributed by atoms with E-state index in [1.165, 1.54) is 0 Å². The van der Waals surface area contributed by atoms with E-state index < -0.39 is 42.6 Å². The van der Waals surface area contributed by atoms with Crippen LogP contribution in [-0.4, -0.2) is 57.9 Å². The summed E-state index contributed by atoms with van der Waals surface area (Å²) in [6.07, 6.45) is -2.93. The van der Waals surface area contributed by atoms with Crippen LogP contribution in [0.1, 0.15) is 40.5 Å². The lowest BCUT2D eigenvalue weighted by atomic mass is 10.1. The van der Waals surface area contributed by atoms with Crippen molar-refractivity contribution in [2.45, 2.75) is 64.6 Å². The zero-order chi connectivity index (χ0) is 16.6. The minimum Gasteiger partial charge on any atom is -0.444 e. The van der Waals surface area contributed by atoms with Gasteiger partial charge in [-0.15, -0.1) is 0 Å². The van der Waals surface area contributed by atoms with Gasteiger partial charge in [0.2, 0.25) is 0 Å². The molecule has 0 aromatic heterocycles. The summed E-state index contributed by atoms with van der Waals surface area (Å²) in [4.78, 5) is 23.3. The van der Waals surface area contributed by atoms with Gasteiger partial charge in [0, 0.05) is 0 Å². The second-order valence-corrected chi connectivity index (χ2v) is 5.71. The summed E-state index contributed by atoms with van der Waals surface area (Å²) in [7, 11) is 0. The molecule has 0 aliphatic heterocycles. The molecule has 2 atom stereocenters. The molecule has 0 bridgehead atoms. The van der Waals surface area contributed by atoms with Gasteiger partial charge in [-0.25, -0.2) is 4.79 Å². The van der Waals surface area contributed by atoms with Crippen molar-refractivity contribution >= 4 is 12.0 Å². The molecule has 0 aliphatic rings. The van der Waals surface area contributed by atoms with Gasteiger partial charge in [0.25, 0.3) is 5.91 Å². The van der Waals surface area contributed by atoms with Crippen LogP contribution in [0.2, 0.25) is 0 Å². The first-order valence-corrected chi connectivity index (χ1v) is 6.88. The largest absolute Gasteiger partial charge is 0.444 e. The smallest absolute Gasteiger partial charge is 0.407 e. The number of amides is 2. The quantitative estimate of drug-likeness (QED) is 0.402. The van der Waals surface area contributed by atoms with Gasteiger partial charge in [-0.1, -0.05) is 13.3 Å². The summed E-state index contributed by atoms with van der Waals surface area (Å²) < 4.78 is 5.07. The number of carbonyl (C=O) groups is 2. The van der Waals surface area contributed by atoms with Crippen molar-refractivity contribution < 1.29 is 29.6 Å². The molecule has 5 N–H and O–H groups in total. The molecule has 0 rings (SSSR count). The molecule has 2 unspecified atom stereocenters.